The minimum absolute atomic E-state index is 0.0201. The normalized spacial score (nSPS) is 14.6. The van der Waals surface area contributed by atoms with Crippen LogP contribution in [-0.2, 0) is 14.4 Å². The summed E-state index contributed by atoms with van der Waals surface area (Å²) in [4.78, 5) is 34.9. The van der Waals surface area contributed by atoms with Gasteiger partial charge in [-0.2, -0.15) is 0 Å². The molecule has 1 fully saturated rings. The van der Waals surface area contributed by atoms with E-state index >= 15 is 0 Å². The van der Waals surface area contributed by atoms with Gasteiger partial charge in [0.25, 0.3) is 0 Å². The number of hydrogen-bond donors (Lipinski definition) is 3. The highest BCUT2D eigenvalue weighted by atomic mass is 35.5. The molecule has 2 amide bonds. The van der Waals surface area contributed by atoms with E-state index in [0.29, 0.717) is 29.3 Å². The number of carboxylic acids is 1. The number of methoxy groups -OCH3 is 1. The highest BCUT2D eigenvalue weighted by Crippen LogP contribution is 2.46. The van der Waals surface area contributed by atoms with Crippen LogP contribution in [0.5, 0.6) is 5.75 Å². The zero-order chi connectivity index (χ0) is 17.9. The van der Waals surface area contributed by atoms with Gasteiger partial charge in [0.2, 0.25) is 11.8 Å². The smallest absolute Gasteiger partial charge is 0.319 e. The molecular weight excluding hydrogens is 336 g/mol. The summed E-state index contributed by atoms with van der Waals surface area (Å²) in [6.07, 6.45) is 0.690. The number of carbonyl (C=O) groups is 3. The number of ether oxygens (including phenoxy) is 1. The second-order valence-electron chi connectivity index (χ2n) is 5.74. The van der Waals surface area contributed by atoms with Gasteiger partial charge in [-0.3, -0.25) is 14.4 Å². The quantitative estimate of drug-likeness (QED) is 0.649. The summed E-state index contributed by atoms with van der Waals surface area (Å²) < 4.78 is 5.17. The van der Waals surface area contributed by atoms with Crippen molar-refractivity contribution in [1.29, 1.82) is 0 Å². The maximum atomic E-state index is 12.0. The van der Waals surface area contributed by atoms with Gasteiger partial charge in [-0.05, 0) is 31.4 Å². The van der Waals surface area contributed by atoms with Crippen molar-refractivity contribution in [2.75, 3.05) is 19.0 Å². The molecule has 1 aromatic rings. The van der Waals surface area contributed by atoms with E-state index in [1.165, 1.54) is 7.11 Å². The van der Waals surface area contributed by atoms with Crippen LogP contribution in [0.15, 0.2) is 12.1 Å². The SMILES string of the molecule is COc1cc(Cl)c(C)cc1NC(=O)CCNC(=O)C1(C(=O)O)CC1. The van der Waals surface area contributed by atoms with E-state index in [-0.39, 0.29) is 18.9 Å². The van der Waals surface area contributed by atoms with Gasteiger partial charge in [0.05, 0.1) is 12.8 Å². The minimum Gasteiger partial charge on any atom is -0.495 e. The summed E-state index contributed by atoms with van der Waals surface area (Å²) in [6.45, 7) is 1.87. The van der Waals surface area contributed by atoms with Gasteiger partial charge in [0, 0.05) is 24.1 Å². The molecular formula is C16H19ClN2O5. The Balaban J connectivity index is 1.87. The molecule has 0 aromatic heterocycles. The van der Waals surface area contributed by atoms with Gasteiger partial charge < -0.3 is 20.5 Å². The van der Waals surface area contributed by atoms with Crippen LogP contribution in [0.25, 0.3) is 0 Å². The lowest BCUT2D eigenvalue weighted by atomic mass is 10.1. The number of benzene rings is 1. The van der Waals surface area contributed by atoms with Gasteiger partial charge in [0.1, 0.15) is 11.2 Å². The Morgan fingerprint density at radius 3 is 2.54 bits per heavy atom. The van der Waals surface area contributed by atoms with Crippen molar-refractivity contribution in [3.8, 4) is 5.75 Å². The maximum absolute atomic E-state index is 12.0. The third-order valence-electron chi connectivity index (χ3n) is 3.99. The molecule has 0 heterocycles. The molecule has 0 atom stereocenters. The summed E-state index contributed by atoms with van der Waals surface area (Å²) in [5.74, 6) is -1.55. The Bertz CT molecular complexity index is 685. The van der Waals surface area contributed by atoms with E-state index in [1.807, 2.05) is 0 Å². The van der Waals surface area contributed by atoms with Crippen LogP contribution in [0.3, 0.4) is 0 Å². The molecule has 0 bridgehead atoms. The second kappa shape index (κ2) is 7.09. The molecule has 1 aliphatic rings. The molecule has 1 saturated carbocycles. The third kappa shape index (κ3) is 3.79. The summed E-state index contributed by atoms with van der Waals surface area (Å²) in [7, 11) is 1.47. The zero-order valence-corrected chi connectivity index (χ0v) is 14.2. The first kappa shape index (κ1) is 18.1. The van der Waals surface area contributed by atoms with Crippen molar-refractivity contribution in [1.82, 2.24) is 5.32 Å². The maximum Gasteiger partial charge on any atom is 0.319 e. The van der Waals surface area contributed by atoms with E-state index in [1.54, 1.807) is 19.1 Å². The molecule has 3 N–H and O–H groups in total. The Morgan fingerprint density at radius 1 is 1.33 bits per heavy atom. The predicted molar refractivity (Wildman–Crippen MR) is 88.3 cm³/mol. The number of anilines is 1. The largest absolute Gasteiger partial charge is 0.495 e. The fourth-order valence-corrected chi connectivity index (χ4v) is 2.42. The summed E-state index contributed by atoms with van der Waals surface area (Å²) in [5, 5.41) is 14.7. The first-order valence-corrected chi connectivity index (χ1v) is 7.83. The lowest BCUT2D eigenvalue weighted by Crippen LogP contribution is -2.38. The fourth-order valence-electron chi connectivity index (χ4n) is 2.26. The Hall–Kier alpha value is -2.28. The summed E-state index contributed by atoms with van der Waals surface area (Å²) in [5.41, 5.74) is -0.0226. The topological polar surface area (TPSA) is 105 Å². The van der Waals surface area contributed by atoms with Crippen LogP contribution in [-0.4, -0.2) is 36.5 Å². The fraction of sp³-hybridized carbons (Fsp3) is 0.438. The van der Waals surface area contributed by atoms with Crippen LogP contribution >= 0.6 is 11.6 Å². The second-order valence-corrected chi connectivity index (χ2v) is 6.15. The van der Waals surface area contributed by atoms with Crippen molar-refractivity contribution in [2.24, 2.45) is 5.41 Å². The van der Waals surface area contributed by atoms with E-state index in [9.17, 15) is 14.4 Å². The van der Waals surface area contributed by atoms with Gasteiger partial charge in [-0.25, -0.2) is 0 Å². The van der Waals surface area contributed by atoms with E-state index in [0.717, 1.165) is 5.56 Å². The van der Waals surface area contributed by atoms with Crippen molar-refractivity contribution < 1.29 is 24.2 Å². The molecule has 0 spiro atoms. The third-order valence-corrected chi connectivity index (χ3v) is 4.39. The number of amides is 2. The average molecular weight is 355 g/mol. The molecule has 1 aliphatic carbocycles. The highest BCUT2D eigenvalue weighted by Gasteiger charge is 2.56. The van der Waals surface area contributed by atoms with Crippen LogP contribution in [0.4, 0.5) is 5.69 Å². The van der Waals surface area contributed by atoms with Gasteiger partial charge in [0.15, 0.2) is 0 Å². The average Bonchev–Trinajstić information content (AvgIpc) is 3.32. The molecule has 1 aromatic carbocycles. The number of aryl methyl sites for hydroxylation is 1. The summed E-state index contributed by atoms with van der Waals surface area (Å²) >= 11 is 6.01. The van der Waals surface area contributed by atoms with Gasteiger partial charge in [-0.1, -0.05) is 11.6 Å². The number of carboxylic acid groups (broad SMARTS) is 1. The Morgan fingerprint density at radius 2 is 2.00 bits per heavy atom. The standard InChI is InChI=1S/C16H19ClN2O5/c1-9-7-11(12(24-2)8-10(9)17)19-13(20)3-6-18-14(21)16(4-5-16)15(22)23/h7-8H,3-6H2,1-2H3,(H,18,21)(H,19,20)(H,22,23). The Labute approximate surface area is 144 Å². The molecule has 0 saturated heterocycles. The number of nitrogens with one attached hydrogen (secondary N) is 2. The minimum atomic E-state index is -1.30. The number of rotatable bonds is 7. The van der Waals surface area contributed by atoms with Crippen LogP contribution in [0.2, 0.25) is 5.02 Å². The van der Waals surface area contributed by atoms with Crippen molar-refractivity contribution in [3.05, 3.63) is 22.7 Å². The molecule has 7 nitrogen and oxygen atoms in total. The summed E-state index contributed by atoms with van der Waals surface area (Å²) in [6, 6.07) is 3.30. The predicted octanol–water partition coefficient (Wildman–Crippen LogP) is 1.97. The highest BCUT2D eigenvalue weighted by molar-refractivity contribution is 6.31. The molecule has 0 unspecified atom stereocenters. The Kier molecular flexibility index (Phi) is 5.33. The molecule has 2 rings (SSSR count). The van der Waals surface area contributed by atoms with E-state index < -0.39 is 17.3 Å². The first-order valence-electron chi connectivity index (χ1n) is 7.46. The number of carbonyl (C=O) groups excluding carboxylic acids is 2. The van der Waals surface area contributed by atoms with Crippen LogP contribution in [0, 0.1) is 12.3 Å². The number of aliphatic carboxylic acids is 1. The lowest BCUT2D eigenvalue weighted by molar-refractivity contribution is -0.149. The molecule has 24 heavy (non-hydrogen) atoms. The molecule has 130 valence electrons. The van der Waals surface area contributed by atoms with Gasteiger partial charge >= 0.3 is 5.97 Å². The molecule has 8 heteroatoms. The molecule has 0 aliphatic heterocycles. The molecule has 0 radical (unpaired) electrons. The first-order chi connectivity index (χ1) is 11.3. The van der Waals surface area contributed by atoms with Crippen LogP contribution < -0.4 is 15.4 Å². The monoisotopic (exact) mass is 354 g/mol. The van der Waals surface area contributed by atoms with Crippen molar-refractivity contribution in [3.63, 3.8) is 0 Å². The lowest BCUT2D eigenvalue weighted by Gasteiger charge is -2.13. The number of halogens is 1. The van der Waals surface area contributed by atoms with Crippen molar-refractivity contribution >= 4 is 35.1 Å². The van der Waals surface area contributed by atoms with E-state index in [2.05, 4.69) is 10.6 Å². The van der Waals surface area contributed by atoms with Gasteiger partial charge in [-0.15, -0.1) is 0 Å². The van der Waals surface area contributed by atoms with E-state index in [4.69, 9.17) is 21.4 Å². The van der Waals surface area contributed by atoms with Crippen LogP contribution in [0.1, 0.15) is 24.8 Å². The number of hydrogen-bond acceptors (Lipinski definition) is 4. The zero-order valence-electron chi connectivity index (χ0n) is 13.4. The van der Waals surface area contributed by atoms with Crippen molar-refractivity contribution in [2.45, 2.75) is 26.2 Å².